The predicted molar refractivity (Wildman–Crippen MR) is 58.0 cm³/mol. The van der Waals surface area contributed by atoms with Gasteiger partial charge in [-0.1, -0.05) is 13.3 Å². The molecule has 0 spiro atoms. The standard InChI is InChI=1S/C12H15O3/c1-2-3-9-14-11-4-6-12(7-5-11)15-10-8-13/h4-7H,2-3,9-10H2,1H3. The number of hydrogen-bond acceptors (Lipinski definition) is 3. The first kappa shape index (κ1) is 11.6. The lowest BCUT2D eigenvalue weighted by Gasteiger charge is -2.06. The van der Waals surface area contributed by atoms with Crippen LogP contribution < -0.4 is 9.47 Å². The molecule has 1 radical (unpaired) electrons. The summed E-state index contributed by atoms with van der Waals surface area (Å²) in [5.74, 6) is 1.48. The van der Waals surface area contributed by atoms with Crippen molar-refractivity contribution in [1.82, 2.24) is 0 Å². The van der Waals surface area contributed by atoms with E-state index >= 15 is 0 Å². The summed E-state index contributed by atoms with van der Waals surface area (Å²) in [6.07, 6.45) is 3.84. The lowest BCUT2D eigenvalue weighted by atomic mass is 10.3. The average molecular weight is 207 g/mol. The molecule has 0 aliphatic rings. The molecule has 0 unspecified atom stereocenters. The van der Waals surface area contributed by atoms with Crippen LogP contribution in [0.1, 0.15) is 19.8 Å². The third-order valence-electron chi connectivity index (χ3n) is 1.89. The summed E-state index contributed by atoms with van der Waals surface area (Å²) in [5, 5.41) is 0. The maximum atomic E-state index is 9.94. The van der Waals surface area contributed by atoms with E-state index in [9.17, 15) is 4.79 Å². The number of ether oxygens (including phenoxy) is 2. The molecule has 0 heterocycles. The maximum Gasteiger partial charge on any atom is 0.239 e. The lowest BCUT2D eigenvalue weighted by Crippen LogP contribution is -1.98. The third-order valence-corrected chi connectivity index (χ3v) is 1.89. The zero-order valence-corrected chi connectivity index (χ0v) is 8.86. The fourth-order valence-corrected chi connectivity index (χ4v) is 1.08. The Labute approximate surface area is 90.0 Å². The van der Waals surface area contributed by atoms with E-state index in [0.29, 0.717) is 5.75 Å². The Hall–Kier alpha value is -1.51. The molecule has 0 N–H and O–H groups in total. The Bertz CT molecular complexity index is 279. The summed E-state index contributed by atoms with van der Waals surface area (Å²) in [6.45, 7) is 2.82. The zero-order valence-electron chi connectivity index (χ0n) is 8.86. The number of unbranched alkanes of at least 4 members (excludes halogenated alkanes) is 1. The van der Waals surface area contributed by atoms with Crippen molar-refractivity contribution in [1.29, 1.82) is 0 Å². The molecule has 3 heteroatoms. The van der Waals surface area contributed by atoms with Gasteiger partial charge in [-0.25, -0.2) is 0 Å². The molecule has 0 amide bonds. The molecule has 0 saturated heterocycles. The molecule has 0 aromatic heterocycles. The Kier molecular flexibility index (Phi) is 5.30. The van der Waals surface area contributed by atoms with Gasteiger partial charge in [-0.05, 0) is 30.7 Å². The van der Waals surface area contributed by atoms with Crippen LogP contribution in [0.15, 0.2) is 24.3 Å². The minimum atomic E-state index is -0.0317. The molecule has 15 heavy (non-hydrogen) atoms. The molecule has 0 fully saturated rings. The molecule has 0 aliphatic carbocycles. The second-order valence-corrected chi connectivity index (χ2v) is 3.11. The van der Waals surface area contributed by atoms with Gasteiger partial charge in [-0.15, -0.1) is 0 Å². The fourth-order valence-electron chi connectivity index (χ4n) is 1.08. The van der Waals surface area contributed by atoms with Gasteiger partial charge in [0.25, 0.3) is 0 Å². The SMILES string of the molecule is CCCCOc1ccc(OC[C]=O)cc1. The van der Waals surface area contributed by atoms with E-state index < -0.39 is 0 Å². The number of carbonyl (C=O) groups excluding carboxylic acids is 1. The van der Waals surface area contributed by atoms with Gasteiger partial charge in [-0.3, -0.25) is 4.79 Å². The zero-order chi connectivity index (χ0) is 10.9. The van der Waals surface area contributed by atoms with Crippen molar-refractivity contribution in [3.63, 3.8) is 0 Å². The first-order chi connectivity index (χ1) is 7.36. The molecular weight excluding hydrogens is 192 g/mol. The molecular formula is C12H15O3. The van der Waals surface area contributed by atoms with Crippen LogP contribution in [0.3, 0.4) is 0 Å². The fraction of sp³-hybridized carbons (Fsp3) is 0.417. The molecule has 0 bridgehead atoms. The summed E-state index contributed by atoms with van der Waals surface area (Å²) < 4.78 is 10.5. The van der Waals surface area contributed by atoms with Crippen LogP contribution >= 0.6 is 0 Å². The summed E-state index contributed by atoms with van der Waals surface area (Å²) in [6, 6.07) is 7.21. The molecule has 1 aromatic carbocycles. The van der Waals surface area contributed by atoms with Gasteiger partial charge in [-0.2, -0.15) is 0 Å². The van der Waals surface area contributed by atoms with E-state index in [-0.39, 0.29) is 6.61 Å². The molecule has 1 rings (SSSR count). The molecule has 0 saturated carbocycles. The van der Waals surface area contributed by atoms with E-state index in [0.717, 1.165) is 25.2 Å². The quantitative estimate of drug-likeness (QED) is 0.644. The van der Waals surface area contributed by atoms with Gasteiger partial charge in [0.2, 0.25) is 6.29 Å². The van der Waals surface area contributed by atoms with E-state index in [1.807, 2.05) is 12.1 Å². The van der Waals surface area contributed by atoms with Crippen LogP contribution in [0, 0.1) is 0 Å². The summed E-state index contributed by atoms with van der Waals surface area (Å²) in [5.41, 5.74) is 0. The van der Waals surface area contributed by atoms with Crippen LogP contribution in [0.5, 0.6) is 11.5 Å². The Morgan fingerprint density at radius 3 is 2.27 bits per heavy atom. The van der Waals surface area contributed by atoms with Crippen molar-refractivity contribution in [2.24, 2.45) is 0 Å². The average Bonchev–Trinajstić information content (AvgIpc) is 2.28. The summed E-state index contributed by atoms with van der Waals surface area (Å²) in [4.78, 5) is 9.94. The highest BCUT2D eigenvalue weighted by molar-refractivity contribution is 5.52. The minimum Gasteiger partial charge on any atom is -0.494 e. The molecule has 3 nitrogen and oxygen atoms in total. The summed E-state index contributed by atoms with van der Waals surface area (Å²) in [7, 11) is 0. The van der Waals surface area contributed by atoms with Gasteiger partial charge in [0.05, 0.1) is 6.61 Å². The van der Waals surface area contributed by atoms with E-state index in [4.69, 9.17) is 9.47 Å². The van der Waals surface area contributed by atoms with Gasteiger partial charge < -0.3 is 9.47 Å². The predicted octanol–water partition coefficient (Wildman–Crippen LogP) is 2.35. The van der Waals surface area contributed by atoms with E-state index in [1.165, 1.54) is 0 Å². The highest BCUT2D eigenvalue weighted by atomic mass is 16.5. The highest BCUT2D eigenvalue weighted by Gasteiger charge is 1.95. The normalized spacial score (nSPS) is 9.67. The maximum absolute atomic E-state index is 9.94. The molecule has 1 aromatic rings. The van der Waals surface area contributed by atoms with Crippen molar-refractivity contribution >= 4 is 6.29 Å². The van der Waals surface area contributed by atoms with E-state index in [1.54, 1.807) is 18.4 Å². The molecule has 81 valence electrons. The second-order valence-electron chi connectivity index (χ2n) is 3.11. The smallest absolute Gasteiger partial charge is 0.239 e. The topological polar surface area (TPSA) is 35.5 Å². The lowest BCUT2D eigenvalue weighted by molar-refractivity contribution is 0.308. The number of benzene rings is 1. The monoisotopic (exact) mass is 207 g/mol. The van der Waals surface area contributed by atoms with Crippen LogP contribution in [0.4, 0.5) is 0 Å². The van der Waals surface area contributed by atoms with E-state index in [2.05, 4.69) is 6.92 Å². The number of hydrogen-bond donors (Lipinski definition) is 0. The number of rotatable bonds is 7. The Balaban J connectivity index is 2.38. The first-order valence-corrected chi connectivity index (χ1v) is 5.07. The van der Waals surface area contributed by atoms with Gasteiger partial charge in [0, 0.05) is 0 Å². The highest BCUT2D eigenvalue weighted by Crippen LogP contribution is 2.17. The van der Waals surface area contributed by atoms with Crippen molar-refractivity contribution in [2.75, 3.05) is 13.2 Å². The largest absolute Gasteiger partial charge is 0.494 e. The van der Waals surface area contributed by atoms with Crippen molar-refractivity contribution in [3.05, 3.63) is 24.3 Å². The second kappa shape index (κ2) is 6.87. The van der Waals surface area contributed by atoms with Crippen LogP contribution in [-0.4, -0.2) is 19.5 Å². The summed E-state index contributed by atoms with van der Waals surface area (Å²) >= 11 is 0. The van der Waals surface area contributed by atoms with Crippen molar-refractivity contribution in [2.45, 2.75) is 19.8 Å². The van der Waals surface area contributed by atoms with Crippen LogP contribution in [0.25, 0.3) is 0 Å². The first-order valence-electron chi connectivity index (χ1n) is 5.07. The van der Waals surface area contributed by atoms with Gasteiger partial charge in [0.1, 0.15) is 11.5 Å². The van der Waals surface area contributed by atoms with Crippen molar-refractivity contribution < 1.29 is 14.3 Å². The van der Waals surface area contributed by atoms with Gasteiger partial charge >= 0.3 is 0 Å². The Morgan fingerprint density at radius 2 is 1.73 bits per heavy atom. The molecule has 0 atom stereocenters. The van der Waals surface area contributed by atoms with Crippen molar-refractivity contribution in [3.8, 4) is 11.5 Å². The minimum absolute atomic E-state index is 0.0317. The van der Waals surface area contributed by atoms with Gasteiger partial charge in [0.15, 0.2) is 6.61 Å². The molecule has 0 aliphatic heterocycles. The third kappa shape index (κ3) is 4.49. The van der Waals surface area contributed by atoms with Crippen LogP contribution in [0.2, 0.25) is 0 Å². The Morgan fingerprint density at radius 1 is 1.13 bits per heavy atom. The van der Waals surface area contributed by atoms with Crippen LogP contribution in [-0.2, 0) is 4.79 Å².